The Labute approximate surface area is 165 Å². The minimum Gasteiger partial charge on any atom is -0.373 e. The van der Waals surface area contributed by atoms with Crippen molar-refractivity contribution >= 4 is 46.0 Å². The number of halogens is 4. The molecular weight excluding hydrogens is 419 g/mol. The highest BCUT2D eigenvalue weighted by Gasteiger charge is 2.55. The number of carbonyl (C=O) groups excluding carboxylic acids is 1. The quantitative estimate of drug-likeness (QED) is 0.503. The number of hydrogen-bond acceptors (Lipinski definition) is 4. The number of fused-ring (bicyclic) bond motifs is 1. The van der Waals surface area contributed by atoms with Crippen LogP contribution in [0, 0.1) is 0 Å². The third-order valence-electron chi connectivity index (χ3n) is 3.91. The van der Waals surface area contributed by atoms with Crippen LogP contribution in [-0.2, 0) is 4.79 Å². The van der Waals surface area contributed by atoms with Crippen molar-refractivity contribution < 1.29 is 23.1 Å². The number of aliphatic hydroxyl groups is 1. The summed E-state index contributed by atoms with van der Waals surface area (Å²) in [7, 11) is 0. The Kier molecular flexibility index (Phi) is 5.22. The van der Waals surface area contributed by atoms with E-state index in [9.17, 15) is 27.9 Å². The lowest BCUT2D eigenvalue weighted by atomic mass is 10.1. The molecule has 4 N–H and O–H groups in total. The zero-order chi connectivity index (χ0) is 20.7. The monoisotopic (exact) mass is 431 g/mol. The molecule has 3 rings (SSSR count). The van der Waals surface area contributed by atoms with Gasteiger partial charge in [-0.25, -0.2) is 4.79 Å². The summed E-state index contributed by atoms with van der Waals surface area (Å²) in [6, 6.07) is 9.62. The van der Waals surface area contributed by atoms with Gasteiger partial charge in [-0.15, -0.1) is 0 Å². The molecular formula is C17H13ClF3N3O3S. The van der Waals surface area contributed by atoms with Gasteiger partial charge >= 0.3 is 11.9 Å². The maximum atomic E-state index is 12.7. The first kappa shape index (κ1) is 20.3. The van der Waals surface area contributed by atoms with Crippen molar-refractivity contribution in [3.63, 3.8) is 0 Å². The summed E-state index contributed by atoms with van der Waals surface area (Å²) in [5.74, 6) is -1.64. The molecule has 28 heavy (non-hydrogen) atoms. The maximum Gasteiger partial charge on any atom is 0.426 e. The first-order valence-corrected chi connectivity index (χ1v) is 8.97. The molecule has 0 aliphatic heterocycles. The number of aromatic nitrogens is 2. The van der Waals surface area contributed by atoms with Gasteiger partial charge in [0.05, 0.1) is 21.7 Å². The zero-order valence-electron chi connectivity index (χ0n) is 14.1. The lowest BCUT2D eigenvalue weighted by Crippen LogP contribution is -2.52. The van der Waals surface area contributed by atoms with Crippen molar-refractivity contribution in [2.45, 2.75) is 28.5 Å². The molecule has 2 aromatic carbocycles. The van der Waals surface area contributed by atoms with Crippen molar-refractivity contribution in [3.8, 4) is 0 Å². The molecule has 148 valence electrons. The molecule has 11 heteroatoms. The van der Waals surface area contributed by atoms with Crippen LogP contribution in [0.2, 0.25) is 5.02 Å². The Morgan fingerprint density at radius 2 is 1.71 bits per heavy atom. The fourth-order valence-electron chi connectivity index (χ4n) is 2.24. The zero-order valence-corrected chi connectivity index (χ0v) is 15.7. The average Bonchev–Trinajstić information content (AvgIpc) is 2.95. The van der Waals surface area contributed by atoms with Crippen molar-refractivity contribution in [3.05, 3.63) is 51.9 Å². The lowest BCUT2D eigenvalue weighted by Gasteiger charge is -2.25. The molecule has 0 aliphatic rings. The maximum absolute atomic E-state index is 12.7. The van der Waals surface area contributed by atoms with Crippen LogP contribution in [0.15, 0.2) is 51.0 Å². The summed E-state index contributed by atoms with van der Waals surface area (Å²) < 4.78 is 38.2. The fourth-order valence-corrected chi connectivity index (χ4v) is 3.44. The Bertz CT molecular complexity index is 1110. The van der Waals surface area contributed by atoms with Crippen molar-refractivity contribution in [2.75, 3.05) is 5.32 Å². The highest BCUT2D eigenvalue weighted by molar-refractivity contribution is 7.99. The number of anilines is 1. The van der Waals surface area contributed by atoms with Crippen LogP contribution >= 0.6 is 23.4 Å². The normalized spacial score (nSPS) is 14.1. The third-order valence-corrected chi connectivity index (χ3v) is 5.20. The number of rotatable bonds is 4. The van der Waals surface area contributed by atoms with E-state index in [-0.39, 0.29) is 16.4 Å². The van der Waals surface area contributed by atoms with E-state index < -0.39 is 17.7 Å². The van der Waals surface area contributed by atoms with E-state index in [2.05, 4.69) is 9.97 Å². The van der Waals surface area contributed by atoms with Crippen LogP contribution in [-0.4, -0.2) is 32.8 Å². The van der Waals surface area contributed by atoms with E-state index in [1.807, 2.05) is 5.32 Å². The minimum absolute atomic E-state index is 0.00690. The SMILES string of the molecule is C[C@@](O)(C(=O)Nc1ccc(Sc2ccc3[nH]c(=O)[nH]c3c2)cc1Cl)C(F)(F)F. The first-order chi connectivity index (χ1) is 13.0. The van der Waals surface area contributed by atoms with Crippen molar-refractivity contribution in [1.29, 1.82) is 0 Å². The first-order valence-electron chi connectivity index (χ1n) is 7.77. The third kappa shape index (κ3) is 4.03. The van der Waals surface area contributed by atoms with E-state index in [0.29, 0.717) is 22.9 Å². The average molecular weight is 432 g/mol. The molecule has 0 fully saturated rings. The van der Waals surface area contributed by atoms with Crippen LogP contribution in [0.1, 0.15) is 6.92 Å². The summed E-state index contributed by atoms with van der Waals surface area (Å²) in [6.07, 6.45) is -5.13. The van der Waals surface area contributed by atoms with Gasteiger partial charge in [0.15, 0.2) is 0 Å². The summed E-state index contributed by atoms with van der Waals surface area (Å²) in [6.45, 7) is 0.363. The second-order valence-corrected chi connectivity index (χ2v) is 7.61. The van der Waals surface area contributed by atoms with Crippen molar-refractivity contribution in [2.24, 2.45) is 0 Å². The van der Waals surface area contributed by atoms with Gasteiger partial charge in [0, 0.05) is 9.79 Å². The standard InChI is InChI=1S/C17H13ClF3N3O3S/c1-16(27,17(19,20)21)14(25)22-11-4-2-8(6-10(11)18)28-9-3-5-12-13(7-9)24-15(26)23-12/h2-7,27H,1H3,(H,22,25)(H2,23,24,26)/t16-/m1/s1. The van der Waals surface area contributed by atoms with E-state index in [1.165, 1.54) is 23.9 Å². The molecule has 0 radical (unpaired) electrons. The Hall–Kier alpha value is -2.43. The molecule has 1 amide bonds. The number of nitrogens with one attached hydrogen (secondary N) is 3. The Balaban J connectivity index is 1.78. The molecule has 0 saturated heterocycles. The molecule has 0 aliphatic carbocycles. The fraction of sp³-hybridized carbons (Fsp3) is 0.176. The molecule has 0 saturated carbocycles. The van der Waals surface area contributed by atoms with Crippen molar-refractivity contribution in [1.82, 2.24) is 9.97 Å². The van der Waals surface area contributed by atoms with Gasteiger partial charge in [0.25, 0.3) is 5.91 Å². The molecule has 0 spiro atoms. The highest BCUT2D eigenvalue weighted by Crippen LogP contribution is 2.35. The lowest BCUT2D eigenvalue weighted by molar-refractivity contribution is -0.242. The van der Waals surface area contributed by atoms with Gasteiger partial charge in [-0.1, -0.05) is 23.4 Å². The highest BCUT2D eigenvalue weighted by atomic mass is 35.5. The number of alkyl halides is 3. The molecule has 1 aromatic heterocycles. The van der Waals surface area contributed by atoms with Crippen LogP contribution in [0.25, 0.3) is 11.0 Å². The van der Waals surface area contributed by atoms with Gasteiger partial charge in [0.1, 0.15) is 0 Å². The van der Waals surface area contributed by atoms with Crippen LogP contribution in [0.3, 0.4) is 0 Å². The number of amides is 1. The summed E-state index contributed by atoms with van der Waals surface area (Å²) in [5.41, 5.74) is -2.66. The van der Waals surface area contributed by atoms with Crippen LogP contribution in [0.4, 0.5) is 18.9 Å². The summed E-state index contributed by atoms with van der Waals surface area (Å²) >= 11 is 7.36. The topological polar surface area (TPSA) is 98.0 Å². The van der Waals surface area contributed by atoms with Gasteiger partial charge < -0.3 is 20.4 Å². The van der Waals surface area contributed by atoms with Gasteiger partial charge in [0.2, 0.25) is 5.60 Å². The molecule has 6 nitrogen and oxygen atoms in total. The second kappa shape index (κ2) is 7.19. The number of benzene rings is 2. The second-order valence-electron chi connectivity index (χ2n) is 6.05. The number of hydrogen-bond donors (Lipinski definition) is 4. The molecule has 0 bridgehead atoms. The molecule has 1 atom stereocenters. The van der Waals surface area contributed by atoms with Gasteiger partial charge in [-0.3, -0.25) is 4.79 Å². The van der Waals surface area contributed by atoms with E-state index >= 15 is 0 Å². The molecule has 3 aromatic rings. The summed E-state index contributed by atoms with van der Waals surface area (Å²) in [5, 5.41) is 11.4. The van der Waals surface area contributed by atoms with Crippen LogP contribution < -0.4 is 11.0 Å². The number of carbonyl (C=O) groups is 1. The van der Waals surface area contributed by atoms with E-state index in [4.69, 9.17) is 11.6 Å². The van der Waals surface area contributed by atoms with Gasteiger partial charge in [-0.2, -0.15) is 13.2 Å². The molecule has 0 unspecified atom stereocenters. The smallest absolute Gasteiger partial charge is 0.373 e. The largest absolute Gasteiger partial charge is 0.426 e. The van der Waals surface area contributed by atoms with E-state index in [0.717, 1.165) is 4.90 Å². The van der Waals surface area contributed by atoms with Gasteiger partial charge in [-0.05, 0) is 43.3 Å². The van der Waals surface area contributed by atoms with E-state index in [1.54, 1.807) is 24.3 Å². The number of imidazole rings is 1. The summed E-state index contributed by atoms with van der Waals surface area (Å²) in [4.78, 5) is 29.8. The predicted molar refractivity (Wildman–Crippen MR) is 99.8 cm³/mol. The predicted octanol–water partition coefficient (Wildman–Crippen LogP) is 3.91. The number of H-pyrrole nitrogens is 2. The minimum atomic E-state index is -5.13. The Morgan fingerprint density at radius 3 is 2.36 bits per heavy atom. The Morgan fingerprint density at radius 1 is 1.11 bits per heavy atom. The van der Waals surface area contributed by atoms with Crippen LogP contribution in [0.5, 0.6) is 0 Å². The number of aromatic amines is 2. The molecule has 1 heterocycles.